The number of anilines is 1. The van der Waals surface area contributed by atoms with Gasteiger partial charge in [-0.15, -0.1) is 0 Å². The van der Waals surface area contributed by atoms with E-state index < -0.39 is 0 Å². The SMILES string of the molecule is Cc1ccc(-c2cc(NCCc3nccc4c3OCC4)ncn2)cn1. The van der Waals surface area contributed by atoms with Crippen molar-refractivity contribution in [2.24, 2.45) is 0 Å². The minimum atomic E-state index is 0.732. The predicted octanol–water partition coefficient (Wildman–Crippen LogP) is 2.83. The number of aryl methyl sites for hydroxylation is 1. The monoisotopic (exact) mass is 333 g/mol. The highest BCUT2D eigenvalue weighted by Gasteiger charge is 2.16. The first-order valence-corrected chi connectivity index (χ1v) is 8.38. The molecule has 0 saturated carbocycles. The van der Waals surface area contributed by atoms with Crippen molar-refractivity contribution < 1.29 is 4.74 Å². The van der Waals surface area contributed by atoms with Gasteiger partial charge in [0.15, 0.2) is 0 Å². The molecule has 0 saturated heterocycles. The van der Waals surface area contributed by atoms with Gasteiger partial charge in [0.05, 0.1) is 18.0 Å². The van der Waals surface area contributed by atoms with Crippen molar-refractivity contribution in [1.29, 1.82) is 0 Å². The third-order valence-electron chi connectivity index (χ3n) is 4.22. The Bertz CT molecular complexity index is 879. The first-order valence-electron chi connectivity index (χ1n) is 8.38. The number of ether oxygens (including phenoxy) is 1. The van der Waals surface area contributed by atoms with E-state index in [1.165, 1.54) is 5.56 Å². The van der Waals surface area contributed by atoms with E-state index in [0.29, 0.717) is 0 Å². The molecule has 0 unspecified atom stereocenters. The molecule has 6 heteroatoms. The molecule has 4 heterocycles. The summed E-state index contributed by atoms with van der Waals surface area (Å²) in [6.07, 6.45) is 7.01. The Labute approximate surface area is 146 Å². The molecule has 25 heavy (non-hydrogen) atoms. The summed E-state index contributed by atoms with van der Waals surface area (Å²) < 4.78 is 5.70. The van der Waals surface area contributed by atoms with Gasteiger partial charge in [-0.3, -0.25) is 9.97 Å². The highest BCUT2D eigenvalue weighted by Crippen LogP contribution is 2.28. The van der Waals surface area contributed by atoms with Crippen molar-refractivity contribution in [2.75, 3.05) is 18.5 Å². The van der Waals surface area contributed by atoms with Gasteiger partial charge in [-0.25, -0.2) is 9.97 Å². The topological polar surface area (TPSA) is 72.8 Å². The fourth-order valence-electron chi connectivity index (χ4n) is 2.89. The number of rotatable bonds is 5. The van der Waals surface area contributed by atoms with E-state index in [1.807, 2.05) is 43.6 Å². The van der Waals surface area contributed by atoms with E-state index in [1.54, 1.807) is 6.33 Å². The summed E-state index contributed by atoms with van der Waals surface area (Å²) in [7, 11) is 0. The van der Waals surface area contributed by atoms with Crippen molar-refractivity contribution in [3.8, 4) is 17.0 Å². The molecule has 0 fully saturated rings. The van der Waals surface area contributed by atoms with Gasteiger partial charge in [0.25, 0.3) is 0 Å². The summed E-state index contributed by atoms with van der Waals surface area (Å²) in [5.41, 5.74) is 5.07. The molecule has 3 aromatic rings. The number of pyridine rings is 2. The molecule has 3 aromatic heterocycles. The van der Waals surface area contributed by atoms with E-state index in [4.69, 9.17) is 4.74 Å². The fourth-order valence-corrected chi connectivity index (χ4v) is 2.89. The summed E-state index contributed by atoms with van der Waals surface area (Å²) in [6.45, 7) is 3.45. The molecule has 1 aliphatic heterocycles. The van der Waals surface area contributed by atoms with Crippen molar-refractivity contribution >= 4 is 5.82 Å². The number of fused-ring (bicyclic) bond motifs is 1. The third kappa shape index (κ3) is 3.42. The Morgan fingerprint density at radius 2 is 2.08 bits per heavy atom. The van der Waals surface area contributed by atoms with Crippen molar-refractivity contribution in [2.45, 2.75) is 19.8 Å². The average Bonchev–Trinajstić information content (AvgIpc) is 3.12. The molecular weight excluding hydrogens is 314 g/mol. The number of aromatic nitrogens is 4. The Morgan fingerprint density at radius 3 is 2.96 bits per heavy atom. The van der Waals surface area contributed by atoms with Crippen LogP contribution in [0.2, 0.25) is 0 Å². The van der Waals surface area contributed by atoms with Gasteiger partial charge in [-0.05, 0) is 25.1 Å². The highest BCUT2D eigenvalue weighted by atomic mass is 16.5. The smallest absolute Gasteiger partial charge is 0.144 e. The molecule has 0 bridgehead atoms. The second kappa shape index (κ2) is 6.84. The van der Waals surface area contributed by atoms with Gasteiger partial charge < -0.3 is 10.1 Å². The molecule has 126 valence electrons. The van der Waals surface area contributed by atoms with Crippen LogP contribution in [0.5, 0.6) is 5.75 Å². The molecule has 0 radical (unpaired) electrons. The molecule has 1 N–H and O–H groups in total. The van der Waals surface area contributed by atoms with Gasteiger partial charge in [0, 0.05) is 54.7 Å². The first kappa shape index (κ1) is 15.5. The molecule has 1 aliphatic rings. The van der Waals surface area contributed by atoms with Crippen LogP contribution in [0.3, 0.4) is 0 Å². The van der Waals surface area contributed by atoms with Gasteiger partial charge in [-0.2, -0.15) is 0 Å². The third-order valence-corrected chi connectivity index (χ3v) is 4.22. The van der Waals surface area contributed by atoms with Crippen LogP contribution in [0.4, 0.5) is 5.82 Å². The Balaban J connectivity index is 1.43. The van der Waals surface area contributed by atoms with E-state index >= 15 is 0 Å². The maximum Gasteiger partial charge on any atom is 0.144 e. The molecule has 4 rings (SSSR count). The zero-order valence-electron chi connectivity index (χ0n) is 14.1. The Morgan fingerprint density at radius 1 is 1.12 bits per heavy atom. The molecular formula is C19H19N5O. The first-order chi connectivity index (χ1) is 12.3. The van der Waals surface area contributed by atoms with E-state index in [0.717, 1.165) is 60.2 Å². The van der Waals surface area contributed by atoms with Crippen LogP contribution in [-0.2, 0) is 12.8 Å². The fraction of sp³-hybridized carbons (Fsp3) is 0.263. The number of nitrogens with zero attached hydrogens (tertiary/aromatic N) is 4. The van der Waals surface area contributed by atoms with Gasteiger partial charge in [-0.1, -0.05) is 0 Å². The summed E-state index contributed by atoms with van der Waals surface area (Å²) in [5, 5.41) is 3.34. The van der Waals surface area contributed by atoms with Crippen LogP contribution in [0, 0.1) is 6.92 Å². The minimum absolute atomic E-state index is 0.732. The van der Waals surface area contributed by atoms with E-state index in [9.17, 15) is 0 Å². The lowest BCUT2D eigenvalue weighted by Gasteiger charge is -2.09. The van der Waals surface area contributed by atoms with Crippen LogP contribution in [0.15, 0.2) is 43.0 Å². The van der Waals surface area contributed by atoms with E-state index in [2.05, 4.69) is 25.3 Å². The maximum absolute atomic E-state index is 5.70. The summed E-state index contributed by atoms with van der Waals surface area (Å²) in [5.74, 6) is 1.75. The number of hydrogen-bond acceptors (Lipinski definition) is 6. The minimum Gasteiger partial charge on any atom is -0.491 e. The van der Waals surface area contributed by atoms with Crippen molar-refractivity contribution in [3.63, 3.8) is 0 Å². The van der Waals surface area contributed by atoms with Crippen LogP contribution in [-0.4, -0.2) is 33.1 Å². The number of hydrogen-bond donors (Lipinski definition) is 1. The summed E-state index contributed by atoms with van der Waals surface area (Å²) in [6, 6.07) is 7.96. The summed E-state index contributed by atoms with van der Waals surface area (Å²) in [4.78, 5) is 17.4. The quantitative estimate of drug-likeness (QED) is 0.774. The average molecular weight is 333 g/mol. The molecule has 0 aliphatic carbocycles. The van der Waals surface area contributed by atoms with Crippen molar-refractivity contribution in [1.82, 2.24) is 19.9 Å². The van der Waals surface area contributed by atoms with Gasteiger partial charge in [0.1, 0.15) is 17.9 Å². The van der Waals surface area contributed by atoms with Gasteiger partial charge in [0.2, 0.25) is 0 Å². The normalized spacial score (nSPS) is 12.5. The Kier molecular flexibility index (Phi) is 4.24. The lowest BCUT2D eigenvalue weighted by Crippen LogP contribution is -2.08. The molecule has 0 spiro atoms. The van der Waals surface area contributed by atoms with Crippen LogP contribution in [0.25, 0.3) is 11.3 Å². The molecule has 6 nitrogen and oxygen atoms in total. The van der Waals surface area contributed by atoms with Crippen LogP contribution >= 0.6 is 0 Å². The standard InChI is InChI=1S/C19H19N5O/c1-13-2-3-15(11-22-13)17-10-18(24-12-23-17)21-8-5-16-19-14(4-7-20-16)6-9-25-19/h2-4,7,10-12H,5-6,8-9H2,1H3,(H,21,23,24). The predicted molar refractivity (Wildman–Crippen MR) is 95.6 cm³/mol. The van der Waals surface area contributed by atoms with Crippen molar-refractivity contribution in [3.05, 3.63) is 59.9 Å². The van der Waals surface area contributed by atoms with Crippen LogP contribution < -0.4 is 10.1 Å². The lowest BCUT2D eigenvalue weighted by molar-refractivity contribution is 0.352. The maximum atomic E-state index is 5.70. The zero-order valence-corrected chi connectivity index (χ0v) is 14.1. The lowest BCUT2D eigenvalue weighted by atomic mass is 10.1. The van der Waals surface area contributed by atoms with Crippen LogP contribution in [0.1, 0.15) is 17.0 Å². The largest absolute Gasteiger partial charge is 0.491 e. The molecule has 0 amide bonds. The molecule has 0 aromatic carbocycles. The Hall–Kier alpha value is -3.02. The van der Waals surface area contributed by atoms with Gasteiger partial charge >= 0.3 is 0 Å². The second-order valence-corrected chi connectivity index (χ2v) is 6.00. The highest BCUT2D eigenvalue weighted by molar-refractivity contribution is 5.61. The van der Waals surface area contributed by atoms with E-state index in [-0.39, 0.29) is 0 Å². The summed E-state index contributed by atoms with van der Waals surface area (Å²) >= 11 is 0. The number of nitrogens with one attached hydrogen (secondary N) is 1. The molecule has 0 atom stereocenters. The second-order valence-electron chi connectivity index (χ2n) is 6.00. The zero-order chi connectivity index (χ0) is 17.1.